The summed E-state index contributed by atoms with van der Waals surface area (Å²) < 4.78 is 5.29. The molecule has 0 aromatic heterocycles. The van der Waals surface area contributed by atoms with Crippen LogP contribution in [0.3, 0.4) is 0 Å². The Morgan fingerprint density at radius 1 is 1.47 bits per heavy atom. The van der Waals surface area contributed by atoms with Gasteiger partial charge in [-0.1, -0.05) is 11.6 Å². The zero-order valence-corrected chi connectivity index (χ0v) is 12.2. The summed E-state index contributed by atoms with van der Waals surface area (Å²) in [6.07, 6.45) is 0. The largest absolute Gasteiger partial charge is 0.467 e. The van der Waals surface area contributed by atoms with Gasteiger partial charge in [-0.2, -0.15) is 0 Å². The molecular formula is C11H11ClINO3. The molecule has 0 spiro atoms. The lowest BCUT2D eigenvalue weighted by Gasteiger charge is -2.12. The molecule has 1 aromatic rings. The second-order valence-electron chi connectivity index (χ2n) is 3.34. The smallest absolute Gasteiger partial charge is 0.328 e. The van der Waals surface area contributed by atoms with Crippen LogP contribution in [0.25, 0.3) is 0 Å². The van der Waals surface area contributed by atoms with E-state index in [0.29, 0.717) is 10.6 Å². The van der Waals surface area contributed by atoms with Crippen LogP contribution < -0.4 is 5.32 Å². The molecule has 1 amide bonds. The molecule has 0 radical (unpaired) electrons. The Kier molecular flexibility index (Phi) is 5.20. The van der Waals surface area contributed by atoms with Gasteiger partial charge in [0.25, 0.3) is 5.91 Å². The molecule has 0 heterocycles. The van der Waals surface area contributed by atoms with Crippen molar-refractivity contribution in [2.24, 2.45) is 0 Å². The Morgan fingerprint density at radius 2 is 2.12 bits per heavy atom. The summed E-state index contributed by atoms with van der Waals surface area (Å²) in [6, 6.07) is 4.30. The van der Waals surface area contributed by atoms with Gasteiger partial charge in [0.2, 0.25) is 0 Å². The molecule has 1 rings (SSSR count). The molecule has 1 aromatic carbocycles. The number of ether oxygens (including phenoxy) is 1. The van der Waals surface area contributed by atoms with E-state index in [4.69, 9.17) is 11.6 Å². The molecule has 0 aliphatic heterocycles. The number of carbonyl (C=O) groups is 2. The molecule has 92 valence electrons. The number of amides is 1. The second kappa shape index (κ2) is 6.20. The van der Waals surface area contributed by atoms with Crippen molar-refractivity contribution >= 4 is 46.1 Å². The summed E-state index contributed by atoms with van der Waals surface area (Å²) in [5, 5.41) is 3.01. The van der Waals surface area contributed by atoms with Crippen LogP contribution in [0, 0.1) is 3.57 Å². The molecule has 4 nitrogen and oxygen atoms in total. The van der Waals surface area contributed by atoms with Crippen LogP contribution in [0.4, 0.5) is 0 Å². The molecule has 6 heteroatoms. The molecule has 17 heavy (non-hydrogen) atoms. The van der Waals surface area contributed by atoms with Crippen LogP contribution in [-0.2, 0) is 9.53 Å². The summed E-state index contributed by atoms with van der Waals surface area (Å²) in [6.45, 7) is 1.56. The van der Waals surface area contributed by atoms with E-state index in [-0.39, 0.29) is 5.91 Å². The van der Waals surface area contributed by atoms with Gasteiger partial charge in [0.05, 0.1) is 12.7 Å². The normalized spacial score (nSPS) is 11.8. The molecule has 0 aliphatic carbocycles. The third kappa shape index (κ3) is 3.85. The number of hydrogen-bond acceptors (Lipinski definition) is 3. The van der Waals surface area contributed by atoms with Crippen molar-refractivity contribution in [1.82, 2.24) is 5.32 Å². The number of methoxy groups -OCH3 is 1. The number of halogens is 2. The topological polar surface area (TPSA) is 55.4 Å². The highest BCUT2D eigenvalue weighted by atomic mass is 127. The van der Waals surface area contributed by atoms with E-state index < -0.39 is 12.0 Å². The second-order valence-corrected chi connectivity index (χ2v) is 4.94. The van der Waals surface area contributed by atoms with Crippen molar-refractivity contribution in [1.29, 1.82) is 0 Å². The van der Waals surface area contributed by atoms with Crippen molar-refractivity contribution in [3.63, 3.8) is 0 Å². The number of esters is 1. The van der Waals surface area contributed by atoms with Crippen LogP contribution in [0.1, 0.15) is 17.3 Å². The minimum Gasteiger partial charge on any atom is -0.467 e. The summed E-state index contributed by atoms with van der Waals surface area (Å²) >= 11 is 7.84. The Balaban J connectivity index is 2.83. The van der Waals surface area contributed by atoms with Crippen LogP contribution in [0.2, 0.25) is 5.02 Å². The Bertz CT molecular complexity index is 450. The molecule has 1 N–H and O–H groups in total. The van der Waals surface area contributed by atoms with E-state index in [9.17, 15) is 9.59 Å². The van der Waals surface area contributed by atoms with Gasteiger partial charge < -0.3 is 10.1 Å². The maximum Gasteiger partial charge on any atom is 0.328 e. The third-order valence-corrected chi connectivity index (χ3v) is 3.25. The highest BCUT2D eigenvalue weighted by Crippen LogP contribution is 2.17. The van der Waals surface area contributed by atoms with Crippen molar-refractivity contribution in [2.75, 3.05) is 7.11 Å². The fourth-order valence-corrected chi connectivity index (χ4v) is 1.93. The molecule has 0 bridgehead atoms. The Hall–Kier alpha value is -0.820. The van der Waals surface area contributed by atoms with Crippen LogP contribution in [-0.4, -0.2) is 25.0 Å². The number of nitrogens with one attached hydrogen (secondary N) is 1. The van der Waals surface area contributed by atoms with Crippen LogP contribution in [0.5, 0.6) is 0 Å². The number of hydrogen-bond donors (Lipinski definition) is 1. The van der Waals surface area contributed by atoms with Crippen molar-refractivity contribution in [3.05, 3.63) is 32.4 Å². The monoisotopic (exact) mass is 367 g/mol. The summed E-state index contributed by atoms with van der Waals surface area (Å²) in [4.78, 5) is 23.0. The number of rotatable bonds is 3. The fraction of sp³-hybridized carbons (Fsp3) is 0.273. The van der Waals surface area contributed by atoms with Gasteiger partial charge in [-0.3, -0.25) is 4.79 Å². The lowest BCUT2D eigenvalue weighted by molar-refractivity contribution is -0.142. The van der Waals surface area contributed by atoms with E-state index in [1.807, 2.05) is 22.6 Å². The molecular weight excluding hydrogens is 356 g/mol. The van der Waals surface area contributed by atoms with E-state index in [1.165, 1.54) is 7.11 Å². The van der Waals surface area contributed by atoms with E-state index >= 15 is 0 Å². The van der Waals surface area contributed by atoms with Gasteiger partial charge >= 0.3 is 5.97 Å². The predicted molar refractivity (Wildman–Crippen MR) is 73.1 cm³/mol. The quantitative estimate of drug-likeness (QED) is 0.658. The minimum absolute atomic E-state index is 0.352. The maximum absolute atomic E-state index is 11.9. The molecule has 0 fully saturated rings. The molecule has 1 atom stereocenters. The minimum atomic E-state index is -0.692. The highest BCUT2D eigenvalue weighted by molar-refractivity contribution is 14.1. The zero-order chi connectivity index (χ0) is 13.0. The zero-order valence-electron chi connectivity index (χ0n) is 9.29. The SMILES string of the molecule is COC(=O)C(C)NC(=O)c1cc(Cl)ccc1I. The van der Waals surface area contributed by atoms with E-state index in [1.54, 1.807) is 25.1 Å². The third-order valence-electron chi connectivity index (χ3n) is 2.08. The maximum atomic E-state index is 11.9. The first-order valence-corrected chi connectivity index (χ1v) is 6.25. The van der Waals surface area contributed by atoms with E-state index in [0.717, 1.165) is 3.57 Å². The first kappa shape index (κ1) is 14.2. The van der Waals surface area contributed by atoms with Gasteiger partial charge in [0.15, 0.2) is 0 Å². The predicted octanol–water partition coefficient (Wildman–Crippen LogP) is 2.24. The summed E-state index contributed by atoms with van der Waals surface area (Å²) in [5.74, 6) is -0.842. The number of benzene rings is 1. The van der Waals surface area contributed by atoms with Gasteiger partial charge in [0.1, 0.15) is 6.04 Å². The van der Waals surface area contributed by atoms with Crippen LogP contribution in [0.15, 0.2) is 18.2 Å². The van der Waals surface area contributed by atoms with Crippen LogP contribution >= 0.6 is 34.2 Å². The highest BCUT2D eigenvalue weighted by Gasteiger charge is 2.18. The molecule has 1 unspecified atom stereocenters. The molecule has 0 saturated carbocycles. The Labute approximate surface area is 118 Å². The molecule has 0 saturated heterocycles. The fourth-order valence-electron chi connectivity index (χ4n) is 1.18. The molecule has 0 aliphatic rings. The first-order chi connectivity index (χ1) is 7.95. The average Bonchev–Trinajstić information content (AvgIpc) is 2.30. The lowest BCUT2D eigenvalue weighted by atomic mass is 10.2. The van der Waals surface area contributed by atoms with Crippen molar-refractivity contribution in [3.8, 4) is 0 Å². The van der Waals surface area contributed by atoms with Gasteiger partial charge in [-0.05, 0) is 47.7 Å². The summed E-state index contributed by atoms with van der Waals surface area (Å²) in [5.41, 5.74) is 0.439. The average molecular weight is 368 g/mol. The summed E-state index contributed by atoms with van der Waals surface area (Å²) in [7, 11) is 1.27. The van der Waals surface area contributed by atoms with Crippen molar-refractivity contribution in [2.45, 2.75) is 13.0 Å². The standard InChI is InChI=1S/C11H11ClINO3/c1-6(11(16)17-2)14-10(15)8-5-7(12)3-4-9(8)13/h3-6H,1-2H3,(H,14,15). The van der Waals surface area contributed by atoms with Crippen molar-refractivity contribution < 1.29 is 14.3 Å². The van der Waals surface area contributed by atoms with Gasteiger partial charge in [-0.15, -0.1) is 0 Å². The number of carbonyl (C=O) groups excluding carboxylic acids is 2. The lowest BCUT2D eigenvalue weighted by Crippen LogP contribution is -2.39. The van der Waals surface area contributed by atoms with Gasteiger partial charge in [0, 0.05) is 8.59 Å². The Morgan fingerprint density at radius 3 is 2.71 bits per heavy atom. The first-order valence-electron chi connectivity index (χ1n) is 4.79. The van der Waals surface area contributed by atoms with Gasteiger partial charge in [-0.25, -0.2) is 4.79 Å². The van der Waals surface area contributed by atoms with E-state index in [2.05, 4.69) is 10.1 Å².